The molecule has 0 aromatic carbocycles. The van der Waals surface area contributed by atoms with Crippen LogP contribution in [0.5, 0.6) is 0 Å². The maximum atomic E-state index is 3.26. The zero-order valence-corrected chi connectivity index (χ0v) is 12.1. The molecule has 15 heavy (non-hydrogen) atoms. The summed E-state index contributed by atoms with van der Waals surface area (Å²) in [6.07, 6.45) is 0. The van der Waals surface area contributed by atoms with E-state index in [-0.39, 0.29) is 0 Å². The summed E-state index contributed by atoms with van der Waals surface area (Å²) in [5, 5.41) is 3.26. The quantitative estimate of drug-likeness (QED) is 0.707. The lowest BCUT2D eigenvalue weighted by atomic mass is 10.6. The Hall–Kier alpha value is 0.620. The molecule has 0 aromatic rings. The van der Waals surface area contributed by atoms with E-state index in [4.69, 9.17) is 0 Å². The molecule has 0 spiro atoms. The minimum absolute atomic E-state index is 1.21. The Morgan fingerprint density at radius 3 is 1.53 bits per heavy atom. The van der Waals surface area contributed by atoms with Crippen LogP contribution in [0.2, 0.25) is 0 Å². The van der Waals surface area contributed by atoms with Crippen LogP contribution in [-0.4, -0.2) is 61.1 Å². The third-order valence-corrected chi connectivity index (χ3v) is 4.01. The van der Waals surface area contributed by atoms with Gasteiger partial charge < -0.3 is 10.2 Å². The third-order valence-electron chi connectivity index (χ3n) is 2.08. The summed E-state index contributed by atoms with van der Waals surface area (Å²) in [4.78, 5) is 2.37. The molecule has 4 heteroatoms. The first kappa shape index (κ1) is 15.6. The van der Waals surface area contributed by atoms with Crippen molar-refractivity contribution < 1.29 is 0 Å². The van der Waals surface area contributed by atoms with Crippen molar-refractivity contribution in [3.63, 3.8) is 0 Å². The van der Waals surface area contributed by atoms with Crippen LogP contribution in [0.4, 0.5) is 0 Å². The Kier molecular flexibility index (Phi) is 13.2. The van der Waals surface area contributed by atoms with Gasteiger partial charge >= 0.3 is 0 Å². The van der Waals surface area contributed by atoms with Crippen LogP contribution in [0.25, 0.3) is 0 Å². The van der Waals surface area contributed by atoms with E-state index in [1.54, 1.807) is 0 Å². The van der Waals surface area contributed by atoms with Crippen molar-refractivity contribution in [2.75, 3.05) is 56.2 Å². The van der Waals surface area contributed by atoms with Gasteiger partial charge in [0.2, 0.25) is 0 Å². The van der Waals surface area contributed by atoms with Gasteiger partial charge in [0.05, 0.1) is 0 Å². The molecule has 2 aliphatic heterocycles. The Bertz CT molecular complexity index is 102. The van der Waals surface area contributed by atoms with Gasteiger partial charge in [0.25, 0.3) is 0 Å². The lowest BCUT2D eigenvalue weighted by Gasteiger charge is -2.20. The first-order chi connectivity index (χ1) is 7.39. The van der Waals surface area contributed by atoms with Gasteiger partial charge in [-0.05, 0) is 7.05 Å². The molecule has 0 atom stereocenters. The number of nitrogens with one attached hydrogen (secondary N) is 1. The van der Waals surface area contributed by atoms with Crippen molar-refractivity contribution in [2.45, 2.75) is 13.8 Å². The summed E-state index contributed by atoms with van der Waals surface area (Å²) in [6, 6.07) is 0. The monoisotopic (exact) mass is 250 g/mol. The maximum absolute atomic E-state index is 3.26. The van der Waals surface area contributed by atoms with E-state index in [2.05, 4.69) is 29.0 Å². The van der Waals surface area contributed by atoms with Gasteiger partial charge in [-0.2, -0.15) is 23.5 Å². The standard InChI is InChI=1S/C5H11NS.C4H9NS.C2H6/c1-6-2-4-7-5-3-6;1-3-6-4-2-5-1;1-2/h2-5H2,1H3;5H,1-4H2;1-2H3. The molecule has 92 valence electrons. The molecule has 2 nitrogen and oxygen atoms in total. The van der Waals surface area contributed by atoms with E-state index in [1.807, 2.05) is 25.6 Å². The molecule has 0 aliphatic carbocycles. The average molecular weight is 250 g/mol. The van der Waals surface area contributed by atoms with Crippen LogP contribution in [0.3, 0.4) is 0 Å². The summed E-state index contributed by atoms with van der Waals surface area (Å²) in [5.74, 6) is 5.27. The van der Waals surface area contributed by atoms with Gasteiger partial charge in [-0.1, -0.05) is 13.8 Å². The SMILES string of the molecule is C1CSCCN1.CC.CN1CCSCC1. The lowest BCUT2D eigenvalue weighted by molar-refractivity contribution is 0.372. The molecule has 2 fully saturated rings. The fraction of sp³-hybridized carbons (Fsp3) is 1.00. The molecule has 1 N–H and O–H groups in total. The fourth-order valence-corrected chi connectivity index (χ4v) is 3.04. The van der Waals surface area contributed by atoms with Crippen LogP contribution in [0.15, 0.2) is 0 Å². The number of hydrogen-bond acceptors (Lipinski definition) is 4. The normalized spacial score (nSPS) is 21.8. The second-order valence-electron chi connectivity index (χ2n) is 3.28. The predicted molar refractivity (Wildman–Crippen MR) is 76.4 cm³/mol. The molecule has 0 bridgehead atoms. The first-order valence-corrected chi connectivity index (χ1v) is 8.25. The minimum Gasteiger partial charge on any atom is -0.315 e. The van der Waals surface area contributed by atoms with Crippen molar-refractivity contribution in [1.29, 1.82) is 0 Å². The van der Waals surface area contributed by atoms with Crippen molar-refractivity contribution in [3.8, 4) is 0 Å². The van der Waals surface area contributed by atoms with Crippen molar-refractivity contribution in [1.82, 2.24) is 10.2 Å². The molecule has 2 saturated heterocycles. The summed E-state index contributed by atoms with van der Waals surface area (Å²) in [6.45, 7) is 8.99. The van der Waals surface area contributed by atoms with E-state index in [1.165, 1.54) is 49.2 Å². The molecule has 2 aliphatic rings. The van der Waals surface area contributed by atoms with Gasteiger partial charge in [-0.3, -0.25) is 0 Å². The van der Waals surface area contributed by atoms with E-state index in [0.717, 1.165) is 0 Å². The number of hydrogen-bond donors (Lipinski definition) is 1. The largest absolute Gasteiger partial charge is 0.315 e. The van der Waals surface area contributed by atoms with Gasteiger partial charge in [-0.25, -0.2) is 0 Å². The van der Waals surface area contributed by atoms with Crippen molar-refractivity contribution in [3.05, 3.63) is 0 Å². The Morgan fingerprint density at radius 1 is 0.867 bits per heavy atom. The fourth-order valence-electron chi connectivity index (χ4n) is 1.17. The van der Waals surface area contributed by atoms with Gasteiger partial charge in [0.15, 0.2) is 0 Å². The van der Waals surface area contributed by atoms with E-state index in [9.17, 15) is 0 Å². The summed E-state index contributed by atoms with van der Waals surface area (Å²) >= 11 is 4.09. The highest BCUT2D eigenvalue weighted by atomic mass is 32.2. The number of nitrogens with zero attached hydrogens (tertiary/aromatic N) is 1. The summed E-state index contributed by atoms with van der Waals surface area (Å²) in [7, 11) is 2.18. The zero-order chi connectivity index (χ0) is 11.4. The van der Waals surface area contributed by atoms with Gasteiger partial charge in [0.1, 0.15) is 0 Å². The highest BCUT2D eigenvalue weighted by molar-refractivity contribution is 7.99. The smallest absolute Gasteiger partial charge is 0.00696 e. The predicted octanol–water partition coefficient (Wildman–Crippen LogP) is 2.01. The Balaban J connectivity index is 0.000000227. The lowest BCUT2D eigenvalue weighted by Crippen LogP contribution is -2.28. The summed E-state index contributed by atoms with van der Waals surface area (Å²) in [5.41, 5.74) is 0. The molecular formula is C11H26N2S2. The molecule has 0 amide bonds. The Morgan fingerprint density at radius 2 is 1.33 bits per heavy atom. The highest BCUT2D eigenvalue weighted by Crippen LogP contribution is 2.05. The number of thioether (sulfide) groups is 2. The minimum atomic E-state index is 1.21. The first-order valence-electron chi connectivity index (χ1n) is 5.94. The molecule has 0 saturated carbocycles. The Labute approximate surface area is 104 Å². The van der Waals surface area contributed by atoms with E-state index in [0.29, 0.717) is 0 Å². The molecule has 2 heterocycles. The van der Waals surface area contributed by atoms with E-state index < -0.39 is 0 Å². The second kappa shape index (κ2) is 12.7. The highest BCUT2D eigenvalue weighted by Gasteiger charge is 2.02. The zero-order valence-electron chi connectivity index (χ0n) is 10.4. The molecule has 0 radical (unpaired) electrons. The van der Waals surface area contributed by atoms with Crippen LogP contribution in [0, 0.1) is 0 Å². The molecule has 2 rings (SSSR count). The topological polar surface area (TPSA) is 15.3 Å². The van der Waals surface area contributed by atoms with Crippen molar-refractivity contribution >= 4 is 23.5 Å². The third kappa shape index (κ3) is 10.9. The van der Waals surface area contributed by atoms with Crippen LogP contribution in [-0.2, 0) is 0 Å². The van der Waals surface area contributed by atoms with Crippen LogP contribution >= 0.6 is 23.5 Å². The molecular weight excluding hydrogens is 224 g/mol. The number of rotatable bonds is 0. The molecule has 0 aromatic heterocycles. The van der Waals surface area contributed by atoms with Crippen LogP contribution < -0.4 is 5.32 Å². The van der Waals surface area contributed by atoms with Gasteiger partial charge in [-0.15, -0.1) is 0 Å². The van der Waals surface area contributed by atoms with Gasteiger partial charge in [0, 0.05) is 49.2 Å². The maximum Gasteiger partial charge on any atom is 0.00696 e. The second-order valence-corrected chi connectivity index (χ2v) is 5.73. The average Bonchev–Trinajstić information content (AvgIpc) is 2.36. The molecule has 0 unspecified atom stereocenters. The van der Waals surface area contributed by atoms with Crippen LogP contribution in [0.1, 0.15) is 13.8 Å². The summed E-state index contributed by atoms with van der Waals surface area (Å²) < 4.78 is 0. The van der Waals surface area contributed by atoms with E-state index >= 15 is 0 Å². The van der Waals surface area contributed by atoms with Crippen molar-refractivity contribution in [2.24, 2.45) is 0 Å².